The van der Waals surface area contributed by atoms with E-state index < -0.39 is 0 Å². The standard InChI is InChI=1S/C19H22N4O2/c24-18(13-6-7-13)21-16-5-1-3-14(11-16)19(25)23-10-2-4-15(12-23)17-8-9-20-22-17/h1,3,5,8-9,11,13,15H,2,4,6-7,10,12H2,(H,20,22)(H,21,24)/t15-/m1/s1. The van der Waals surface area contributed by atoms with Crippen molar-refractivity contribution in [3.05, 3.63) is 47.8 Å². The summed E-state index contributed by atoms with van der Waals surface area (Å²) in [5.74, 6) is 0.531. The fraction of sp³-hybridized carbons (Fsp3) is 0.421. The molecule has 130 valence electrons. The summed E-state index contributed by atoms with van der Waals surface area (Å²) in [6.07, 6.45) is 5.72. The Morgan fingerprint density at radius 3 is 2.84 bits per heavy atom. The molecule has 1 aliphatic heterocycles. The number of aromatic nitrogens is 2. The molecule has 0 spiro atoms. The number of piperidine rings is 1. The summed E-state index contributed by atoms with van der Waals surface area (Å²) in [4.78, 5) is 26.7. The number of benzene rings is 1. The Labute approximate surface area is 146 Å². The van der Waals surface area contributed by atoms with Gasteiger partial charge in [-0.3, -0.25) is 14.7 Å². The summed E-state index contributed by atoms with van der Waals surface area (Å²) in [5, 5.41) is 9.94. The van der Waals surface area contributed by atoms with Crippen molar-refractivity contribution in [3.8, 4) is 0 Å². The lowest BCUT2D eigenvalue weighted by Gasteiger charge is -2.32. The van der Waals surface area contributed by atoms with Gasteiger partial charge in [0.2, 0.25) is 5.91 Å². The first kappa shape index (κ1) is 15.9. The van der Waals surface area contributed by atoms with E-state index in [4.69, 9.17) is 0 Å². The van der Waals surface area contributed by atoms with E-state index in [-0.39, 0.29) is 17.7 Å². The maximum absolute atomic E-state index is 12.9. The van der Waals surface area contributed by atoms with E-state index >= 15 is 0 Å². The summed E-state index contributed by atoms with van der Waals surface area (Å²) in [5.41, 5.74) is 2.41. The molecule has 2 N–H and O–H groups in total. The van der Waals surface area contributed by atoms with Gasteiger partial charge in [-0.25, -0.2) is 0 Å². The molecular formula is C19H22N4O2. The topological polar surface area (TPSA) is 78.1 Å². The average molecular weight is 338 g/mol. The zero-order valence-electron chi connectivity index (χ0n) is 14.1. The van der Waals surface area contributed by atoms with Crippen LogP contribution in [0.4, 0.5) is 5.69 Å². The van der Waals surface area contributed by atoms with Crippen LogP contribution in [-0.2, 0) is 4.79 Å². The normalized spacial score (nSPS) is 20.3. The molecule has 1 aliphatic carbocycles. The maximum Gasteiger partial charge on any atom is 0.253 e. The molecule has 0 radical (unpaired) electrons. The van der Waals surface area contributed by atoms with Gasteiger partial charge in [0.1, 0.15) is 0 Å². The van der Waals surface area contributed by atoms with Gasteiger partial charge in [0.15, 0.2) is 0 Å². The van der Waals surface area contributed by atoms with Crippen molar-refractivity contribution in [2.45, 2.75) is 31.6 Å². The van der Waals surface area contributed by atoms with Gasteiger partial charge in [-0.15, -0.1) is 0 Å². The first-order chi connectivity index (χ1) is 12.2. The number of amides is 2. The van der Waals surface area contributed by atoms with Crippen LogP contribution in [0.1, 0.15) is 47.7 Å². The SMILES string of the molecule is O=C(Nc1cccc(C(=O)N2CCC[C@@H](c3ccn[nH]3)C2)c1)C1CC1. The molecule has 2 fully saturated rings. The monoisotopic (exact) mass is 338 g/mol. The Hall–Kier alpha value is -2.63. The highest BCUT2D eigenvalue weighted by Crippen LogP contribution is 2.30. The molecule has 6 nitrogen and oxygen atoms in total. The molecule has 2 heterocycles. The minimum absolute atomic E-state index is 0.0201. The molecule has 1 saturated carbocycles. The Kier molecular flexibility index (Phi) is 4.26. The van der Waals surface area contributed by atoms with E-state index in [2.05, 4.69) is 15.5 Å². The van der Waals surface area contributed by atoms with Crippen molar-refractivity contribution in [3.63, 3.8) is 0 Å². The summed E-state index contributed by atoms with van der Waals surface area (Å²) in [7, 11) is 0. The van der Waals surface area contributed by atoms with Gasteiger partial charge < -0.3 is 10.2 Å². The number of aromatic amines is 1. The molecule has 0 bridgehead atoms. The van der Waals surface area contributed by atoms with Crippen molar-refractivity contribution < 1.29 is 9.59 Å². The Morgan fingerprint density at radius 2 is 2.08 bits per heavy atom. The van der Waals surface area contributed by atoms with E-state index in [1.54, 1.807) is 12.3 Å². The number of nitrogens with one attached hydrogen (secondary N) is 2. The van der Waals surface area contributed by atoms with Gasteiger partial charge in [0.25, 0.3) is 5.91 Å². The Balaban J connectivity index is 1.45. The van der Waals surface area contributed by atoms with Gasteiger partial charge in [-0.2, -0.15) is 5.10 Å². The summed E-state index contributed by atoms with van der Waals surface area (Å²) in [6, 6.07) is 9.23. The summed E-state index contributed by atoms with van der Waals surface area (Å²) >= 11 is 0. The number of H-pyrrole nitrogens is 1. The van der Waals surface area contributed by atoms with Crippen LogP contribution in [0.2, 0.25) is 0 Å². The molecule has 2 aromatic rings. The fourth-order valence-electron chi connectivity index (χ4n) is 3.41. The van der Waals surface area contributed by atoms with E-state index in [9.17, 15) is 9.59 Å². The molecule has 25 heavy (non-hydrogen) atoms. The van der Waals surface area contributed by atoms with Gasteiger partial charge >= 0.3 is 0 Å². The highest BCUT2D eigenvalue weighted by molar-refractivity contribution is 5.98. The molecule has 2 aliphatic rings. The number of nitrogens with zero attached hydrogens (tertiary/aromatic N) is 2. The van der Waals surface area contributed by atoms with Gasteiger partial charge in [-0.1, -0.05) is 6.07 Å². The number of carbonyl (C=O) groups is 2. The van der Waals surface area contributed by atoms with Crippen LogP contribution in [-0.4, -0.2) is 40.0 Å². The molecule has 2 amide bonds. The lowest BCUT2D eigenvalue weighted by molar-refractivity contribution is -0.117. The molecule has 4 rings (SSSR count). The number of anilines is 1. The van der Waals surface area contributed by atoms with E-state index in [1.165, 1.54) is 0 Å². The molecular weight excluding hydrogens is 316 g/mol. The van der Waals surface area contributed by atoms with E-state index in [0.717, 1.165) is 37.9 Å². The van der Waals surface area contributed by atoms with Gasteiger partial charge in [-0.05, 0) is 49.9 Å². The Morgan fingerprint density at radius 1 is 1.20 bits per heavy atom. The second-order valence-corrected chi connectivity index (χ2v) is 6.95. The second-order valence-electron chi connectivity index (χ2n) is 6.95. The molecule has 1 atom stereocenters. The minimum atomic E-state index is 0.0201. The first-order valence-electron chi connectivity index (χ1n) is 8.90. The zero-order valence-corrected chi connectivity index (χ0v) is 14.1. The van der Waals surface area contributed by atoms with Crippen LogP contribution in [0.3, 0.4) is 0 Å². The first-order valence-corrected chi connectivity index (χ1v) is 8.90. The zero-order chi connectivity index (χ0) is 17.2. The Bertz CT molecular complexity index is 767. The van der Waals surface area contributed by atoms with Crippen molar-refractivity contribution >= 4 is 17.5 Å². The number of carbonyl (C=O) groups excluding carboxylic acids is 2. The van der Waals surface area contributed by atoms with Crippen molar-refractivity contribution in [1.82, 2.24) is 15.1 Å². The third kappa shape index (κ3) is 3.57. The fourth-order valence-corrected chi connectivity index (χ4v) is 3.41. The summed E-state index contributed by atoms with van der Waals surface area (Å²) < 4.78 is 0. The third-order valence-corrected chi connectivity index (χ3v) is 5.00. The lowest BCUT2D eigenvalue weighted by atomic mass is 9.94. The van der Waals surface area contributed by atoms with E-state index in [1.807, 2.05) is 29.2 Å². The van der Waals surface area contributed by atoms with Crippen molar-refractivity contribution in [2.75, 3.05) is 18.4 Å². The molecule has 0 unspecified atom stereocenters. The maximum atomic E-state index is 12.9. The van der Waals surface area contributed by atoms with Crippen molar-refractivity contribution in [2.24, 2.45) is 5.92 Å². The van der Waals surface area contributed by atoms with Crippen molar-refractivity contribution in [1.29, 1.82) is 0 Å². The second kappa shape index (κ2) is 6.70. The largest absolute Gasteiger partial charge is 0.338 e. The van der Waals surface area contributed by atoms with Gasteiger partial charge in [0.05, 0.1) is 0 Å². The number of hydrogen-bond acceptors (Lipinski definition) is 3. The van der Waals surface area contributed by atoms with Gasteiger partial charge in [0, 0.05) is 48.1 Å². The molecule has 1 saturated heterocycles. The highest BCUT2D eigenvalue weighted by atomic mass is 16.2. The van der Waals surface area contributed by atoms with Crippen LogP contribution < -0.4 is 5.32 Å². The van der Waals surface area contributed by atoms with Crippen LogP contribution in [0, 0.1) is 5.92 Å². The quantitative estimate of drug-likeness (QED) is 0.900. The van der Waals surface area contributed by atoms with Crippen LogP contribution in [0.25, 0.3) is 0 Å². The molecule has 6 heteroatoms. The van der Waals surface area contributed by atoms with Crippen LogP contribution in [0.15, 0.2) is 36.5 Å². The predicted octanol–water partition coefficient (Wildman–Crippen LogP) is 2.78. The predicted molar refractivity (Wildman–Crippen MR) is 94.3 cm³/mol. The third-order valence-electron chi connectivity index (χ3n) is 5.00. The molecule has 1 aromatic heterocycles. The highest BCUT2D eigenvalue weighted by Gasteiger charge is 2.30. The summed E-state index contributed by atoms with van der Waals surface area (Å²) in [6.45, 7) is 1.46. The smallest absolute Gasteiger partial charge is 0.253 e. The van der Waals surface area contributed by atoms with Crippen LogP contribution >= 0.6 is 0 Å². The lowest BCUT2D eigenvalue weighted by Crippen LogP contribution is -2.39. The number of hydrogen-bond donors (Lipinski definition) is 2. The molecule has 1 aromatic carbocycles. The average Bonchev–Trinajstić information content (AvgIpc) is 3.36. The van der Waals surface area contributed by atoms with E-state index in [0.29, 0.717) is 23.7 Å². The van der Waals surface area contributed by atoms with Crippen LogP contribution in [0.5, 0.6) is 0 Å². The number of likely N-dealkylation sites (tertiary alicyclic amines) is 1. The number of rotatable bonds is 4. The minimum Gasteiger partial charge on any atom is -0.338 e.